The summed E-state index contributed by atoms with van der Waals surface area (Å²) in [5.74, 6) is 0.151. The molecule has 5 heteroatoms. The minimum Gasteiger partial charge on any atom is -0.455 e. The summed E-state index contributed by atoms with van der Waals surface area (Å²) >= 11 is 0. The molecule has 106 valence electrons. The fourth-order valence-corrected chi connectivity index (χ4v) is 2.41. The quantitative estimate of drug-likeness (QED) is 0.853. The molecule has 1 saturated carbocycles. The molecule has 2 heterocycles. The molecule has 0 aliphatic heterocycles. The Kier molecular flexibility index (Phi) is 3.00. The first kappa shape index (κ1) is 13.1. The van der Waals surface area contributed by atoms with Crippen molar-refractivity contribution >= 4 is 17.0 Å². The summed E-state index contributed by atoms with van der Waals surface area (Å²) in [6, 6.07) is 1.82. The summed E-state index contributed by atoms with van der Waals surface area (Å²) in [6.07, 6.45) is 5.14. The first-order valence-electron chi connectivity index (χ1n) is 7.01. The summed E-state index contributed by atoms with van der Waals surface area (Å²) in [6.45, 7) is 5.56. The Hall–Kier alpha value is -1.91. The van der Waals surface area contributed by atoms with E-state index in [0.717, 1.165) is 11.1 Å². The van der Waals surface area contributed by atoms with E-state index in [0.29, 0.717) is 17.3 Å². The van der Waals surface area contributed by atoms with E-state index in [2.05, 4.69) is 15.0 Å². The zero-order valence-corrected chi connectivity index (χ0v) is 12.1. The number of rotatable bonds is 2. The SMILES string of the molecule is CC(C)(C)OC(=O)c1cc2c(C3CCC3)ncnc2[nH]1. The molecule has 2 aromatic heterocycles. The number of ether oxygens (including phenoxy) is 1. The largest absolute Gasteiger partial charge is 0.455 e. The average molecular weight is 273 g/mol. The Labute approximate surface area is 117 Å². The molecule has 1 N–H and O–H groups in total. The molecule has 0 bridgehead atoms. The minimum atomic E-state index is -0.503. The van der Waals surface area contributed by atoms with E-state index in [1.807, 2.05) is 26.8 Å². The maximum atomic E-state index is 12.1. The van der Waals surface area contributed by atoms with Gasteiger partial charge in [-0.2, -0.15) is 0 Å². The highest BCUT2D eigenvalue weighted by Crippen LogP contribution is 2.38. The predicted molar refractivity (Wildman–Crippen MR) is 75.6 cm³/mol. The molecule has 0 saturated heterocycles. The standard InChI is InChI=1S/C15H19N3O2/c1-15(2,3)20-14(19)11-7-10-12(9-5-4-6-9)16-8-17-13(10)18-11/h7-9H,4-6H2,1-3H3,(H,16,17,18). The summed E-state index contributed by atoms with van der Waals surface area (Å²) < 4.78 is 5.38. The van der Waals surface area contributed by atoms with Gasteiger partial charge in [0.05, 0.1) is 5.69 Å². The van der Waals surface area contributed by atoms with E-state index >= 15 is 0 Å². The van der Waals surface area contributed by atoms with Crippen LogP contribution in [0, 0.1) is 0 Å². The van der Waals surface area contributed by atoms with Gasteiger partial charge < -0.3 is 9.72 Å². The molecule has 1 aliphatic carbocycles. The third kappa shape index (κ3) is 2.40. The highest BCUT2D eigenvalue weighted by atomic mass is 16.6. The van der Waals surface area contributed by atoms with E-state index < -0.39 is 5.60 Å². The van der Waals surface area contributed by atoms with Gasteiger partial charge in [-0.05, 0) is 39.7 Å². The lowest BCUT2D eigenvalue weighted by Crippen LogP contribution is -2.24. The number of carbonyl (C=O) groups is 1. The van der Waals surface area contributed by atoms with Gasteiger partial charge in [-0.3, -0.25) is 0 Å². The lowest BCUT2D eigenvalue weighted by atomic mass is 9.82. The van der Waals surface area contributed by atoms with Crippen molar-refractivity contribution in [3.05, 3.63) is 23.8 Å². The molecule has 3 rings (SSSR count). The number of hydrogen-bond donors (Lipinski definition) is 1. The fourth-order valence-electron chi connectivity index (χ4n) is 2.41. The van der Waals surface area contributed by atoms with Crippen molar-refractivity contribution in [2.24, 2.45) is 0 Å². The molecular weight excluding hydrogens is 254 g/mol. The van der Waals surface area contributed by atoms with E-state index in [1.165, 1.54) is 19.3 Å². The number of esters is 1. The number of nitrogens with zero attached hydrogens (tertiary/aromatic N) is 2. The normalized spacial score (nSPS) is 16.1. The second kappa shape index (κ2) is 4.58. The highest BCUT2D eigenvalue weighted by molar-refractivity contribution is 5.94. The molecule has 1 fully saturated rings. The molecular formula is C15H19N3O2. The first-order chi connectivity index (χ1) is 9.44. The Bertz CT molecular complexity index is 651. The van der Waals surface area contributed by atoms with E-state index in [9.17, 15) is 4.79 Å². The van der Waals surface area contributed by atoms with Crippen molar-refractivity contribution in [3.63, 3.8) is 0 Å². The molecule has 0 unspecified atom stereocenters. The highest BCUT2D eigenvalue weighted by Gasteiger charge is 2.25. The summed E-state index contributed by atoms with van der Waals surface area (Å²) in [5, 5.41) is 0.943. The fraction of sp³-hybridized carbons (Fsp3) is 0.533. The van der Waals surface area contributed by atoms with E-state index in [-0.39, 0.29) is 5.97 Å². The molecule has 20 heavy (non-hydrogen) atoms. The van der Waals surface area contributed by atoms with Crippen LogP contribution < -0.4 is 0 Å². The number of aromatic amines is 1. The van der Waals surface area contributed by atoms with Gasteiger partial charge in [-0.15, -0.1) is 0 Å². The van der Waals surface area contributed by atoms with Crippen molar-refractivity contribution in [1.29, 1.82) is 0 Å². The first-order valence-corrected chi connectivity index (χ1v) is 7.01. The molecule has 2 aromatic rings. The Morgan fingerprint density at radius 1 is 1.35 bits per heavy atom. The van der Waals surface area contributed by atoms with Crippen LogP contribution >= 0.6 is 0 Å². The van der Waals surface area contributed by atoms with Gasteiger partial charge in [0.15, 0.2) is 0 Å². The van der Waals surface area contributed by atoms with Crippen molar-refractivity contribution in [1.82, 2.24) is 15.0 Å². The van der Waals surface area contributed by atoms with Crippen LogP contribution in [0.3, 0.4) is 0 Å². The third-order valence-corrected chi connectivity index (χ3v) is 3.57. The summed E-state index contributed by atoms with van der Waals surface area (Å²) in [7, 11) is 0. The van der Waals surface area contributed by atoms with Crippen molar-refractivity contribution in [2.75, 3.05) is 0 Å². The zero-order valence-electron chi connectivity index (χ0n) is 12.1. The van der Waals surface area contributed by atoms with E-state index in [1.54, 1.807) is 6.33 Å². The van der Waals surface area contributed by atoms with Crippen molar-refractivity contribution in [2.45, 2.75) is 51.6 Å². The van der Waals surface area contributed by atoms with Crippen LogP contribution in [0.15, 0.2) is 12.4 Å². The second-order valence-corrected chi connectivity index (χ2v) is 6.33. The topological polar surface area (TPSA) is 67.9 Å². The monoisotopic (exact) mass is 273 g/mol. The number of fused-ring (bicyclic) bond motifs is 1. The lowest BCUT2D eigenvalue weighted by molar-refractivity contribution is 0.00638. The number of hydrogen-bond acceptors (Lipinski definition) is 4. The van der Waals surface area contributed by atoms with Gasteiger partial charge in [-0.25, -0.2) is 14.8 Å². The van der Waals surface area contributed by atoms with Crippen LogP contribution in [0.2, 0.25) is 0 Å². The van der Waals surface area contributed by atoms with Crippen molar-refractivity contribution < 1.29 is 9.53 Å². The predicted octanol–water partition coefficient (Wildman–Crippen LogP) is 3.18. The summed E-state index contributed by atoms with van der Waals surface area (Å²) in [5.41, 5.74) is 1.70. The van der Waals surface area contributed by atoms with Crippen LogP contribution in [-0.2, 0) is 4.74 Å². The summed E-state index contributed by atoms with van der Waals surface area (Å²) in [4.78, 5) is 23.7. The van der Waals surface area contributed by atoms with Crippen molar-refractivity contribution in [3.8, 4) is 0 Å². The van der Waals surface area contributed by atoms with Crippen LogP contribution in [0.4, 0.5) is 0 Å². The zero-order chi connectivity index (χ0) is 14.3. The maximum absolute atomic E-state index is 12.1. The number of aromatic nitrogens is 3. The third-order valence-electron chi connectivity index (χ3n) is 3.57. The second-order valence-electron chi connectivity index (χ2n) is 6.33. The van der Waals surface area contributed by atoms with Gasteiger partial charge in [0, 0.05) is 11.3 Å². The van der Waals surface area contributed by atoms with Gasteiger partial charge in [0.25, 0.3) is 0 Å². The molecule has 0 atom stereocenters. The molecule has 0 spiro atoms. The van der Waals surface area contributed by atoms with Gasteiger partial charge >= 0.3 is 5.97 Å². The Balaban J connectivity index is 1.96. The number of nitrogens with one attached hydrogen (secondary N) is 1. The molecule has 1 aliphatic rings. The number of carbonyl (C=O) groups excluding carboxylic acids is 1. The Morgan fingerprint density at radius 3 is 2.70 bits per heavy atom. The van der Waals surface area contributed by atoms with Crippen LogP contribution in [-0.4, -0.2) is 26.5 Å². The minimum absolute atomic E-state index is 0.352. The van der Waals surface area contributed by atoms with E-state index in [4.69, 9.17) is 4.74 Å². The van der Waals surface area contributed by atoms with Gasteiger partial charge in [0.1, 0.15) is 23.3 Å². The molecule has 5 nitrogen and oxygen atoms in total. The maximum Gasteiger partial charge on any atom is 0.355 e. The van der Waals surface area contributed by atoms with Gasteiger partial charge in [-0.1, -0.05) is 6.42 Å². The number of H-pyrrole nitrogens is 1. The van der Waals surface area contributed by atoms with Crippen LogP contribution in [0.1, 0.15) is 62.1 Å². The molecule has 0 aromatic carbocycles. The lowest BCUT2D eigenvalue weighted by Gasteiger charge is -2.24. The van der Waals surface area contributed by atoms with Crippen LogP contribution in [0.5, 0.6) is 0 Å². The molecule has 0 amide bonds. The van der Waals surface area contributed by atoms with Crippen LogP contribution in [0.25, 0.3) is 11.0 Å². The Morgan fingerprint density at radius 2 is 2.10 bits per heavy atom. The van der Waals surface area contributed by atoms with Gasteiger partial charge in [0.2, 0.25) is 0 Å². The average Bonchev–Trinajstić information content (AvgIpc) is 2.69. The smallest absolute Gasteiger partial charge is 0.355 e. The molecule has 0 radical (unpaired) electrons.